The minimum atomic E-state index is -3.69. The van der Waals surface area contributed by atoms with Gasteiger partial charge in [-0.2, -0.15) is 0 Å². The van der Waals surface area contributed by atoms with E-state index < -0.39 is 21.7 Å². The Labute approximate surface area is 171 Å². The summed E-state index contributed by atoms with van der Waals surface area (Å²) in [5.41, 5.74) is 1.31. The highest BCUT2D eigenvalue weighted by Gasteiger charge is 2.24. The first-order valence-corrected chi connectivity index (χ1v) is 11.1. The second-order valence-corrected chi connectivity index (χ2v) is 9.70. The number of hydrogen-bond acceptors (Lipinski definition) is 5. The lowest BCUT2D eigenvalue weighted by Crippen LogP contribution is -2.40. The van der Waals surface area contributed by atoms with E-state index in [-0.39, 0.29) is 11.1 Å². The van der Waals surface area contributed by atoms with Crippen molar-refractivity contribution in [2.45, 2.75) is 50.3 Å². The summed E-state index contributed by atoms with van der Waals surface area (Å²) in [5, 5.41) is 5.79. The highest BCUT2D eigenvalue weighted by atomic mass is 32.2. The van der Waals surface area contributed by atoms with Crippen LogP contribution in [0.5, 0.6) is 0 Å². The quantitative estimate of drug-likeness (QED) is 0.689. The zero-order chi connectivity index (χ0) is 21.1. The van der Waals surface area contributed by atoms with Crippen LogP contribution < -0.4 is 15.4 Å². The van der Waals surface area contributed by atoms with Crippen molar-refractivity contribution in [1.82, 2.24) is 10.0 Å². The maximum atomic E-state index is 12.8. The molecule has 0 saturated carbocycles. The molecule has 7 nitrogen and oxygen atoms in total. The molecule has 156 valence electrons. The van der Waals surface area contributed by atoms with Crippen LogP contribution in [-0.4, -0.2) is 32.8 Å². The lowest BCUT2D eigenvalue weighted by atomic mass is 10.1. The van der Waals surface area contributed by atoms with Gasteiger partial charge in [0.15, 0.2) is 6.23 Å². The minimum Gasteiger partial charge on any atom is -0.430 e. The van der Waals surface area contributed by atoms with E-state index in [0.29, 0.717) is 11.3 Å². The number of nitrogens with one attached hydrogen (secondary N) is 3. The number of ether oxygens (including phenoxy) is 1. The van der Waals surface area contributed by atoms with E-state index in [1.165, 1.54) is 0 Å². The third kappa shape index (κ3) is 5.79. The molecule has 1 heterocycles. The molecule has 1 atom stereocenters. The Bertz CT molecular complexity index is 960. The number of benzene rings is 2. The largest absolute Gasteiger partial charge is 0.430 e. The standard InChI is InChI=1S/C21H27N3O4S/c1-21(2,3)24-29(26,27)18-8-5-4-7-17(18)15-10-12-16(13-11-15)23-20(25)28-19-9-6-14-22-19/h4-5,7-8,10-13,19,22,24H,6,9,14H2,1-3H3,(H,23,25)/t19-/m0/s1. The molecule has 1 fully saturated rings. The van der Waals surface area contributed by atoms with Crippen LogP contribution in [0.1, 0.15) is 33.6 Å². The van der Waals surface area contributed by atoms with Crippen molar-refractivity contribution in [1.29, 1.82) is 0 Å². The van der Waals surface area contributed by atoms with E-state index in [4.69, 9.17) is 4.74 Å². The number of hydrogen-bond donors (Lipinski definition) is 3. The molecule has 3 rings (SSSR count). The van der Waals surface area contributed by atoms with Gasteiger partial charge >= 0.3 is 6.09 Å². The van der Waals surface area contributed by atoms with Gasteiger partial charge in [-0.1, -0.05) is 30.3 Å². The van der Waals surface area contributed by atoms with E-state index in [0.717, 1.165) is 24.9 Å². The first kappa shape index (κ1) is 21.3. The van der Waals surface area contributed by atoms with Crippen LogP contribution in [0.25, 0.3) is 11.1 Å². The van der Waals surface area contributed by atoms with Crippen LogP contribution in [0.2, 0.25) is 0 Å². The van der Waals surface area contributed by atoms with E-state index >= 15 is 0 Å². The van der Waals surface area contributed by atoms with Gasteiger partial charge in [-0.05, 0) is 63.9 Å². The molecule has 0 radical (unpaired) electrons. The highest BCUT2D eigenvalue weighted by Crippen LogP contribution is 2.29. The summed E-state index contributed by atoms with van der Waals surface area (Å²) < 4.78 is 33.6. The molecule has 29 heavy (non-hydrogen) atoms. The van der Waals surface area contributed by atoms with Crippen molar-refractivity contribution in [3.05, 3.63) is 48.5 Å². The van der Waals surface area contributed by atoms with Crippen molar-refractivity contribution >= 4 is 21.8 Å². The molecule has 3 N–H and O–H groups in total. The summed E-state index contributed by atoms with van der Waals surface area (Å²) in [6.45, 7) is 6.24. The second-order valence-electron chi connectivity index (χ2n) is 8.04. The molecular weight excluding hydrogens is 390 g/mol. The molecule has 1 saturated heterocycles. The summed E-state index contributed by atoms with van der Waals surface area (Å²) in [5.74, 6) is 0. The van der Waals surface area contributed by atoms with Gasteiger partial charge in [0.2, 0.25) is 10.0 Å². The second kappa shape index (κ2) is 8.52. The molecule has 0 aromatic heterocycles. The summed E-state index contributed by atoms with van der Waals surface area (Å²) in [6, 6.07) is 13.8. The Morgan fingerprint density at radius 1 is 1.10 bits per heavy atom. The number of anilines is 1. The Morgan fingerprint density at radius 2 is 1.79 bits per heavy atom. The van der Waals surface area contributed by atoms with E-state index in [9.17, 15) is 13.2 Å². The fourth-order valence-electron chi connectivity index (χ4n) is 3.16. The summed E-state index contributed by atoms with van der Waals surface area (Å²) in [4.78, 5) is 12.2. The molecule has 0 aliphatic carbocycles. The first-order valence-electron chi connectivity index (χ1n) is 9.58. The fraction of sp³-hybridized carbons (Fsp3) is 0.381. The number of rotatable bonds is 5. The van der Waals surface area contributed by atoms with Gasteiger partial charge in [-0.25, -0.2) is 17.9 Å². The Kier molecular flexibility index (Phi) is 6.26. The number of carbonyl (C=O) groups excluding carboxylic acids is 1. The summed E-state index contributed by atoms with van der Waals surface area (Å²) in [7, 11) is -3.69. The van der Waals surface area contributed by atoms with Gasteiger partial charge in [-0.15, -0.1) is 0 Å². The Hall–Kier alpha value is -2.42. The average molecular weight is 418 g/mol. The van der Waals surface area contributed by atoms with Gasteiger partial charge in [-0.3, -0.25) is 10.6 Å². The Morgan fingerprint density at radius 3 is 2.41 bits per heavy atom. The molecule has 0 unspecified atom stereocenters. The van der Waals surface area contributed by atoms with Crippen LogP contribution in [0, 0.1) is 0 Å². The monoisotopic (exact) mass is 417 g/mol. The molecule has 0 bridgehead atoms. The zero-order valence-corrected chi connectivity index (χ0v) is 17.7. The van der Waals surface area contributed by atoms with Gasteiger partial charge < -0.3 is 4.74 Å². The number of sulfonamides is 1. The van der Waals surface area contributed by atoms with E-state index in [2.05, 4.69) is 15.4 Å². The van der Waals surface area contributed by atoms with Crippen LogP contribution in [0.15, 0.2) is 53.4 Å². The van der Waals surface area contributed by atoms with Crippen LogP contribution in [0.3, 0.4) is 0 Å². The molecule has 8 heteroatoms. The third-order valence-electron chi connectivity index (χ3n) is 4.32. The van der Waals surface area contributed by atoms with Crippen LogP contribution >= 0.6 is 0 Å². The SMILES string of the molecule is CC(C)(C)NS(=O)(=O)c1ccccc1-c1ccc(NC(=O)O[C@H]2CCCN2)cc1. The van der Waals surface area contributed by atoms with Crippen LogP contribution in [-0.2, 0) is 14.8 Å². The van der Waals surface area contributed by atoms with Gasteiger partial charge in [0, 0.05) is 16.8 Å². The predicted molar refractivity (Wildman–Crippen MR) is 113 cm³/mol. The molecule has 1 aliphatic heterocycles. The summed E-state index contributed by atoms with van der Waals surface area (Å²) >= 11 is 0. The van der Waals surface area contributed by atoms with Crippen molar-refractivity contribution in [2.24, 2.45) is 0 Å². The number of carbonyl (C=O) groups is 1. The highest BCUT2D eigenvalue weighted by molar-refractivity contribution is 7.89. The van der Waals surface area contributed by atoms with Gasteiger partial charge in [0.25, 0.3) is 0 Å². The lowest BCUT2D eigenvalue weighted by molar-refractivity contribution is 0.102. The van der Waals surface area contributed by atoms with Crippen molar-refractivity contribution < 1.29 is 17.9 Å². The van der Waals surface area contributed by atoms with E-state index in [1.807, 2.05) is 0 Å². The molecule has 1 aliphatic rings. The molecule has 1 amide bonds. The zero-order valence-electron chi connectivity index (χ0n) is 16.9. The molecule has 0 spiro atoms. The van der Waals surface area contributed by atoms with Gasteiger partial charge in [0.05, 0.1) is 4.90 Å². The van der Waals surface area contributed by atoms with Crippen LogP contribution in [0.4, 0.5) is 10.5 Å². The predicted octanol–water partition coefficient (Wildman–Crippen LogP) is 3.69. The molecule has 2 aromatic rings. The smallest absolute Gasteiger partial charge is 0.413 e. The normalized spacial score (nSPS) is 17.1. The van der Waals surface area contributed by atoms with E-state index in [1.54, 1.807) is 69.3 Å². The lowest BCUT2D eigenvalue weighted by Gasteiger charge is -2.21. The summed E-state index contributed by atoms with van der Waals surface area (Å²) in [6.07, 6.45) is 1.02. The molecule has 2 aromatic carbocycles. The first-order chi connectivity index (χ1) is 13.6. The topological polar surface area (TPSA) is 96.5 Å². The Balaban J connectivity index is 1.77. The minimum absolute atomic E-state index is 0.211. The maximum absolute atomic E-state index is 12.8. The van der Waals surface area contributed by atoms with Gasteiger partial charge in [0.1, 0.15) is 0 Å². The fourth-order valence-corrected chi connectivity index (χ4v) is 4.81. The third-order valence-corrected chi connectivity index (χ3v) is 6.14. The van der Waals surface area contributed by atoms with Crippen molar-refractivity contribution in [2.75, 3.05) is 11.9 Å². The molecular formula is C21H27N3O4S. The average Bonchev–Trinajstić information content (AvgIpc) is 3.13. The van der Waals surface area contributed by atoms with Crippen molar-refractivity contribution in [3.63, 3.8) is 0 Å². The van der Waals surface area contributed by atoms with Crippen molar-refractivity contribution in [3.8, 4) is 11.1 Å². The number of amides is 1. The maximum Gasteiger partial charge on any atom is 0.413 e.